The predicted octanol–water partition coefficient (Wildman–Crippen LogP) is 4.33. The maximum absolute atomic E-state index is 13.0. The number of ether oxygens (including phenoxy) is 2. The number of methoxy groups -OCH3 is 1. The van der Waals surface area contributed by atoms with E-state index in [1.807, 2.05) is 49.4 Å². The second-order valence-electron chi connectivity index (χ2n) is 7.65. The van der Waals surface area contributed by atoms with Crippen LogP contribution in [-0.4, -0.2) is 33.6 Å². The second kappa shape index (κ2) is 10.0. The summed E-state index contributed by atoms with van der Waals surface area (Å²) in [7, 11) is -2.27. The van der Waals surface area contributed by atoms with Gasteiger partial charge in [-0.3, -0.25) is 4.79 Å². The lowest BCUT2D eigenvalue weighted by Gasteiger charge is -2.19. The Kier molecular flexibility index (Phi) is 7.37. The summed E-state index contributed by atoms with van der Waals surface area (Å²) in [4.78, 5) is 13.0. The van der Waals surface area contributed by atoms with Gasteiger partial charge in [0.15, 0.2) is 6.10 Å². The molecule has 3 aromatic carbocycles. The number of anilines is 1. The summed E-state index contributed by atoms with van der Waals surface area (Å²) < 4.78 is 38.8. The van der Waals surface area contributed by atoms with Gasteiger partial charge in [0.25, 0.3) is 5.91 Å². The van der Waals surface area contributed by atoms with E-state index in [0.29, 0.717) is 17.9 Å². The highest BCUT2D eigenvalue weighted by atomic mass is 32.2. The van der Waals surface area contributed by atoms with Crippen LogP contribution in [0.2, 0.25) is 0 Å². The summed E-state index contributed by atoms with van der Waals surface area (Å²) in [5.41, 5.74) is 0.254. The summed E-state index contributed by atoms with van der Waals surface area (Å²) in [6, 6.07) is 17.6. The van der Waals surface area contributed by atoms with Gasteiger partial charge in [0.1, 0.15) is 11.5 Å². The van der Waals surface area contributed by atoms with E-state index in [4.69, 9.17) is 9.47 Å². The summed E-state index contributed by atoms with van der Waals surface area (Å²) in [5.74, 6) is 0.530. The second-order valence-corrected chi connectivity index (χ2v) is 9.37. The highest BCUT2D eigenvalue weighted by Crippen LogP contribution is 2.28. The number of amides is 1. The number of benzene rings is 3. The summed E-state index contributed by atoms with van der Waals surface area (Å²) in [5, 5.41) is 4.84. The monoisotopic (exact) mass is 456 g/mol. The first-order valence-corrected chi connectivity index (χ1v) is 11.9. The Labute approximate surface area is 188 Å². The average molecular weight is 457 g/mol. The lowest BCUT2D eigenvalue weighted by molar-refractivity contribution is -0.122. The SMILES string of the molecule is CCC(Oc1ccc2ccccc2c1)C(=O)Nc1cc(S(=O)(=O)NC(C)C)ccc1OC. The highest BCUT2D eigenvalue weighted by Gasteiger charge is 2.22. The van der Waals surface area contributed by atoms with E-state index in [1.54, 1.807) is 13.8 Å². The number of fused-ring (bicyclic) bond motifs is 1. The molecule has 3 rings (SSSR count). The molecule has 0 aliphatic rings. The highest BCUT2D eigenvalue weighted by molar-refractivity contribution is 7.89. The lowest BCUT2D eigenvalue weighted by Crippen LogP contribution is -2.33. The molecule has 0 aliphatic heterocycles. The number of carbonyl (C=O) groups excluding carboxylic acids is 1. The molecule has 170 valence electrons. The van der Waals surface area contributed by atoms with Crippen LogP contribution in [0.1, 0.15) is 27.2 Å². The van der Waals surface area contributed by atoms with Crippen LogP contribution >= 0.6 is 0 Å². The van der Waals surface area contributed by atoms with E-state index in [1.165, 1.54) is 25.3 Å². The van der Waals surface area contributed by atoms with E-state index >= 15 is 0 Å². The fraction of sp³-hybridized carbons (Fsp3) is 0.292. The predicted molar refractivity (Wildman–Crippen MR) is 126 cm³/mol. The number of nitrogens with one attached hydrogen (secondary N) is 2. The zero-order valence-corrected chi connectivity index (χ0v) is 19.4. The Bertz CT molecular complexity index is 1210. The van der Waals surface area contributed by atoms with Crippen molar-refractivity contribution in [1.29, 1.82) is 0 Å². The van der Waals surface area contributed by atoms with Crippen LogP contribution < -0.4 is 19.5 Å². The maximum Gasteiger partial charge on any atom is 0.265 e. The minimum absolute atomic E-state index is 0.0331. The van der Waals surface area contributed by atoms with Crippen LogP contribution in [0.4, 0.5) is 5.69 Å². The molecule has 1 unspecified atom stereocenters. The van der Waals surface area contributed by atoms with Crippen molar-refractivity contribution in [3.8, 4) is 11.5 Å². The van der Waals surface area contributed by atoms with Crippen molar-refractivity contribution in [2.24, 2.45) is 0 Å². The van der Waals surface area contributed by atoms with E-state index in [0.717, 1.165) is 10.8 Å². The molecule has 0 aromatic heterocycles. The molecule has 0 spiro atoms. The van der Waals surface area contributed by atoms with Gasteiger partial charge in [0, 0.05) is 6.04 Å². The Morgan fingerprint density at radius 3 is 2.38 bits per heavy atom. The molecule has 3 aromatic rings. The minimum atomic E-state index is -3.73. The Morgan fingerprint density at radius 2 is 1.72 bits per heavy atom. The standard InChI is InChI=1S/C24H28N2O5S/c1-5-22(31-19-11-10-17-8-6-7-9-18(17)14-19)24(27)25-21-15-20(12-13-23(21)30-4)32(28,29)26-16(2)3/h6-16,22,26H,5H2,1-4H3,(H,25,27). The van der Waals surface area contributed by atoms with Gasteiger partial charge in [-0.2, -0.15) is 0 Å². The molecule has 0 fully saturated rings. The zero-order chi connectivity index (χ0) is 23.3. The third kappa shape index (κ3) is 5.57. The maximum atomic E-state index is 13.0. The van der Waals surface area contributed by atoms with Gasteiger partial charge in [-0.15, -0.1) is 0 Å². The number of carbonyl (C=O) groups is 1. The molecule has 1 amide bonds. The summed E-state index contributed by atoms with van der Waals surface area (Å²) in [6.45, 7) is 5.31. The normalized spacial score (nSPS) is 12.5. The molecule has 0 saturated heterocycles. The number of sulfonamides is 1. The first-order valence-electron chi connectivity index (χ1n) is 10.4. The van der Waals surface area contributed by atoms with Gasteiger partial charge in [-0.25, -0.2) is 13.1 Å². The molecule has 8 heteroatoms. The van der Waals surface area contributed by atoms with E-state index in [2.05, 4.69) is 10.0 Å². The largest absolute Gasteiger partial charge is 0.495 e. The molecular weight excluding hydrogens is 428 g/mol. The van der Waals surface area contributed by atoms with Gasteiger partial charge < -0.3 is 14.8 Å². The number of rotatable bonds is 9. The van der Waals surface area contributed by atoms with Crippen LogP contribution in [0, 0.1) is 0 Å². The summed E-state index contributed by atoms with van der Waals surface area (Å²) in [6.07, 6.45) is -0.344. The third-order valence-corrected chi connectivity index (χ3v) is 6.45. The van der Waals surface area contributed by atoms with Gasteiger partial charge in [0.2, 0.25) is 10.0 Å². The molecule has 7 nitrogen and oxygen atoms in total. The van der Waals surface area contributed by atoms with Gasteiger partial charge >= 0.3 is 0 Å². The topological polar surface area (TPSA) is 93.7 Å². The van der Waals surface area contributed by atoms with Crippen molar-refractivity contribution in [1.82, 2.24) is 4.72 Å². The van der Waals surface area contributed by atoms with Crippen molar-refractivity contribution < 1.29 is 22.7 Å². The van der Waals surface area contributed by atoms with Crippen LogP contribution in [0.15, 0.2) is 65.6 Å². The number of hydrogen-bond donors (Lipinski definition) is 2. The molecule has 0 aliphatic carbocycles. The smallest absolute Gasteiger partial charge is 0.265 e. The Balaban J connectivity index is 1.82. The van der Waals surface area contributed by atoms with E-state index in [-0.39, 0.29) is 16.6 Å². The van der Waals surface area contributed by atoms with Crippen LogP contribution in [0.5, 0.6) is 11.5 Å². The van der Waals surface area contributed by atoms with Crippen molar-refractivity contribution in [3.63, 3.8) is 0 Å². The summed E-state index contributed by atoms with van der Waals surface area (Å²) >= 11 is 0. The lowest BCUT2D eigenvalue weighted by atomic mass is 10.1. The van der Waals surface area contributed by atoms with Crippen molar-refractivity contribution in [3.05, 3.63) is 60.7 Å². The average Bonchev–Trinajstić information content (AvgIpc) is 2.76. The van der Waals surface area contributed by atoms with Crippen molar-refractivity contribution in [2.45, 2.75) is 44.2 Å². The first-order chi connectivity index (χ1) is 15.2. The fourth-order valence-corrected chi connectivity index (χ4v) is 4.55. The molecule has 0 heterocycles. The van der Waals surface area contributed by atoms with Crippen LogP contribution in [0.25, 0.3) is 10.8 Å². The first kappa shape index (κ1) is 23.6. The molecule has 2 N–H and O–H groups in total. The Morgan fingerprint density at radius 1 is 1.00 bits per heavy atom. The molecule has 0 radical (unpaired) electrons. The molecule has 32 heavy (non-hydrogen) atoms. The van der Waals surface area contributed by atoms with Gasteiger partial charge in [0.05, 0.1) is 17.7 Å². The van der Waals surface area contributed by atoms with Crippen LogP contribution in [-0.2, 0) is 14.8 Å². The van der Waals surface area contributed by atoms with Crippen molar-refractivity contribution in [2.75, 3.05) is 12.4 Å². The molecular formula is C24H28N2O5S. The van der Waals surface area contributed by atoms with Gasteiger partial charge in [-0.05, 0) is 61.4 Å². The quantitative estimate of drug-likeness (QED) is 0.500. The van der Waals surface area contributed by atoms with E-state index in [9.17, 15) is 13.2 Å². The third-order valence-electron chi connectivity index (χ3n) is 4.79. The Hall–Kier alpha value is -3.10. The minimum Gasteiger partial charge on any atom is -0.495 e. The fourth-order valence-electron chi connectivity index (χ4n) is 3.27. The number of hydrogen-bond acceptors (Lipinski definition) is 5. The van der Waals surface area contributed by atoms with Crippen LogP contribution in [0.3, 0.4) is 0 Å². The van der Waals surface area contributed by atoms with Crippen molar-refractivity contribution >= 4 is 32.4 Å². The molecule has 0 bridgehead atoms. The van der Waals surface area contributed by atoms with E-state index < -0.39 is 22.0 Å². The molecule has 0 saturated carbocycles. The molecule has 1 atom stereocenters. The zero-order valence-electron chi connectivity index (χ0n) is 18.6. The van der Waals surface area contributed by atoms with Gasteiger partial charge in [-0.1, -0.05) is 37.3 Å².